The lowest BCUT2D eigenvalue weighted by molar-refractivity contribution is -0.143. The molecule has 23 heavy (non-hydrogen) atoms. The van der Waals surface area contributed by atoms with Crippen LogP contribution in [0.3, 0.4) is 0 Å². The van der Waals surface area contributed by atoms with E-state index in [9.17, 15) is 9.59 Å². The van der Waals surface area contributed by atoms with Gasteiger partial charge in [0, 0.05) is 13.5 Å². The highest BCUT2D eigenvalue weighted by atomic mass is 35.5. The first-order chi connectivity index (χ1) is 10.4. The number of halogens is 1. The zero-order valence-electron chi connectivity index (χ0n) is 14.6. The second-order valence-electron chi connectivity index (χ2n) is 6.56. The number of carbonyl (C=O) groups excluding carboxylic acids is 2. The van der Waals surface area contributed by atoms with E-state index in [4.69, 9.17) is 9.47 Å². The fourth-order valence-corrected chi connectivity index (χ4v) is 3.10. The minimum absolute atomic E-state index is 0. The summed E-state index contributed by atoms with van der Waals surface area (Å²) in [6, 6.07) is 0. The van der Waals surface area contributed by atoms with Crippen LogP contribution in [0.1, 0.15) is 39.5 Å². The third-order valence-corrected chi connectivity index (χ3v) is 4.36. The summed E-state index contributed by atoms with van der Waals surface area (Å²) in [6.07, 6.45) is 2.81. The lowest BCUT2D eigenvalue weighted by atomic mass is 9.83. The molecule has 0 bridgehead atoms. The van der Waals surface area contributed by atoms with Crippen molar-refractivity contribution >= 4 is 24.3 Å². The molecule has 0 radical (unpaired) electrons. The van der Waals surface area contributed by atoms with Gasteiger partial charge in [0.25, 0.3) is 0 Å². The molecular weight excluding hydrogens is 320 g/mol. The van der Waals surface area contributed by atoms with Crippen molar-refractivity contribution in [2.24, 2.45) is 11.8 Å². The average Bonchev–Trinajstić information content (AvgIpc) is 2.47. The number of esters is 1. The van der Waals surface area contributed by atoms with Gasteiger partial charge in [0.15, 0.2) is 0 Å². The Morgan fingerprint density at radius 1 is 1.30 bits per heavy atom. The van der Waals surface area contributed by atoms with Crippen LogP contribution in [-0.2, 0) is 19.1 Å². The highest BCUT2D eigenvalue weighted by molar-refractivity contribution is 5.85. The van der Waals surface area contributed by atoms with Crippen molar-refractivity contribution in [2.75, 3.05) is 33.9 Å². The first kappa shape index (κ1) is 22.1. The molecule has 1 rings (SSSR count). The highest BCUT2D eigenvalue weighted by Crippen LogP contribution is 2.24. The lowest BCUT2D eigenvalue weighted by Gasteiger charge is -2.31. The van der Waals surface area contributed by atoms with E-state index in [-0.39, 0.29) is 37.3 Å². The van der Waals surface area contributed by atoms with Gasteiger partial charge in [0.2, 0.25) is 5.91 Å². The standard InChI is InChI=1S/C16H30N2O4.ClH/c1-12(13-5-7-17-8-6-13)9-14(19)18-16(2,11-21-3)10-15(20)22-4;/h12-13,17H,5-11H2,1-4H3,(H,18,19);1H. The van der Waals surface area contributed by atoms with Gasteiger partial charge in [-0.2, -0.15) is 0 Å². The minimum Gasteiger partial charge on any atom is -0.469 e. The molecule has 0 aromatic rings. The number of ether oxygens (including phenoxy) is 2. The fraction of sp³-hybridized carbons (Fsp3) is 0.875. The molecule has 0 aliphatic carbocycles. The van der Waals surface area contributed by atoms with Crippen molar-refractivity contribution in [3.8, 4) is 0 Å². The number of methoxy groups -OCH3 is 2. The monoisotopic (exact) mass is 350 g/mol. The molecule has 2 unspecified atom stereocenters. The fourth-order valence-electron chi connectivity index (χ4n) is 3.10. The smallest absolute Gasteiger partial charge is 0.307 e. The van der Waals surface area contributed by atoms with Crippen LogP contribution in [0.25, 0.3) is 0 Å². The molecule has 1 aliphatic heterocycles. The van der Waals surface area contributed by atoms with E-state index < -0.39 is 5.54 Å². The Hall–Kier alpha value is -0.850. The van der Waals surface area contributed by atoms with E-state index in [0.717, 1.165) is 25.9 Å². The van der Waals surface area contributed by atoms with E-state index >= 15 is 0 Å². The van der Waals surface area contributed by atoms with Gasteiger partial charge in [-0.15, -0.1) is 12.4 Å². The van der Waals surface area contributed by atoms with Gasteiger partial charge in [0.1, 0.15) is 0 Å². The van der Waals surface area contributed by atoms with Crippen LogP contribution in [0.2, 0.25) is 0 Å². The quantitative estimate of drug-likeness (QED) is 0.649. The first-order valence-corrected chi connectivity index (χ1v) is 7.97. The highest BCUT2D eigenvalue weighted by Gasteiger charge is 2.31. The summed E-state index contributed by atoms with van der Waals surface area (Å²) in [5.41, 5.74) is -0.729. The number of amides is 1. The zero-order chi connectivity index (χ0) is 16.6. The first-order valence-electron chi connectivity index (χ1n) is 7.97. The molecule has 0 aromatic carbocycles. The molecule has 1 fully saturated rings. The Balaban J connectivity index is 0.00000484. The van der Waals surface area contributed by atoms with Gasteiger partial charge >= 0.3 is 5.97 Å². The Morgan fingerprint density at radius 2 is 1.91 bits per heavy atom. The molecule has 1 aliphatic rings. The van der Waals surface area contributed by atoms with Crippen LogP contribution in [0, 0.1) is 11.8 Å². The van der Waals surface area contributed by atoms with Gasteiger partial charge in [-0.3, -0.25) is 9.59 Å². The molecule has 6 nitrogen and oxygen atoms in total. The molecule has 0 aromatic heterocycles. The molecule has 2 atom stereocenters. The van der Waals surface area contributed by atoms with Crippen LogP contribution < -0.4 is 10.6 Å². The SMILES string of the molecule is COCC(C)(CC(=O)OC)NC(=O)CC(C)C1CCNCC1.Cl. The molecule has 1 amide bonds. The third-order valence-electron chi connectivity index (χ3n) is 4.36. The summed E-state index contributed by atoms with van der Waals surface area (Å²) in [4.78, 5) is 23.8. The maximum Gasteiger partial charge on any atom is 0.307 e. The van der Waals surface area contributed by atoms with Crippen molar-refractivity contribution in [1.29, 1.82) is 0 Å². The van der Waals surface area contributed by atoms with Crippen LogP contribution in [-0.4, -0.2) is 51.3 Å². The molecule has 0 saturated carbocycles. The van der Waals surface area contributed by atoms with Crippen molar-refractivity contribution < 1.29 is 19.1 Å². The molecule has 136 valence electrons. The molecule has 1 heterocycles. The average molecular weight is 351 g/mol. The van der Waals surface area contributed by atoms with Crippen molar-refractivity contribution in [1.82, 2.24) is 10.6 Å². The van der Waals surface area contributed by atoms with Crippen molar-refractivity contribution in [2.45, 2.75) is 45.1 Å². The summed E-state index contributed by atoms with van der Waals surface area (Å²) in [5, 5.41) is 6.29. The Labute approximate surface area is 145 Å². The summed E-state index contributed by atoms with van der Waals surface area (Å²) >= 11 is 0. The number of rotatable bonds is 8. The van der Waals surface area contributed by atoms with Crippen molar-refractivity contribution in [3.63, 3.8) is 0 Å². The summed E-state index contributed by atoms with van der Waals surface area (Å²) in [7, 11) is 2.90. The predicted octanol–water partition coefficient (Wildman–Crippen LogP) is 1.52. The number of nitrogens with one attached hydrogen (secondary N) is 2. The second-order valence-corrected chi connectivity index (χ2v) is 6.56. The van der Waals surface area contributed by atoms with Gasteiger partial charge in [-0.05, 0) is 44.7 Å². The largest absolute Gasteiger partial charge is 0.469 e. The maximum atomic E-state index is 12.3. The number of carbonyl (C=O) groups is 2. The van der Waals surface area contributed by atoms with E-state index in [1.165, 1.54) is 7.11 Å². The van der Waals surface area contributed by atoms with E-state index in [2.05, 4.69) is 17.6 Å². The van der Waals surface area contributed by atoms with Gasteiger partial charge in [-0.1, -0.05) is 6.92 Å². The zero-order valence-corrected chi connectivity index (χ0v) is 15.5. The Morgan fingerprint density at radius 3 is 2.43 bits per heavy atom. The van der Waals surface area contributed by atoms with E-state index in [0.29, 0.717) is 18.3 Å². The molecule has 7 heteroatoms. The molecular formula is C16H31ClN2O4. The second kappa shape index (κ2) is 10.8. The normalized spacial score (nSPS) is 19.1. The Kier molecular flexibility index (Phi) is 10.4. The molecule has 1 saturated heterocycles. The van der Waals surface area contributed by atoms with Gasteiger partial charge in [0.05, 0.1) is 25.7 Å². The summed E-state index contributed by atoms with van der Waals surface area (Å²) in [6.45, 7) is 6.26. The summed E-state index contributed by atoms with van der Waals surface area (Å²) in [5.74, 6) is 0.536. The number of piperidine rings is 1. The number of hydrogen-bond acceptors (Lipinski definition) is 5. The topological polar surface area (TPSA) is 76.7 Å². The van der Waals surface area contributed by atoms with E-state index in [1.807, 2.05) is 0 Å². The summed E-state index contributed by atoms with van der Waals surface area (Å²) < 4.78 is 9.84. The van der Waals surface area contributed by atoms with Crippen LogP contribution in [0.4, 0.5) is 0 Å². The van der Waals surface area contributed by atoms with Gasteiger partial charge in [-0.25, -0.2) is 0 Å². The van der Waals surface area contributed by atoms with Gasteiger partial charge < -0.3 is 20.1 Å². The van der Waals surface area contributed by atoms with Crippen molar-refractivity contribution in [3.05, 3.63) is 0 Å². The predicted molar refractivity (Wildman–Crippen MR) is 91.7 cm³/mol. The number of hydrogen-bond donors (Lipinski definition) is 2. The van der Waals surface area contributed by atoms with Crippen LogP contribution >= 0.6 is 12.4 Å². The van der Waals surface area contributed by atoms with Crippen LogP contribution in [0.5, 0.6) is 0 Å². The lowest BCUT2D eigenvalue weighted by Crippen LogP contribution is -2.51. The Bertz CT molecular complexity index is 375. The van der Waals surface area contributed by atoms with Crippen LogP contribution in [0.15, 0.2) is 0 Å². The minimum atomic E-state index is -0.729. The third kappa shape index (κ3) is 7.99. The van der Waals surface area contributed by atoms with E-state index in [1.54, 1.807) is 14.0 Å². The molecule has 0 spiro atoms. The maximum absolute atomic E-state index is 12.3. The molecule has 2 N–H and O–H groups in total.